The minimum atomic E-state index is -3.23. The fourth-order valence-corrected chi connectivity index (χ4v) is 3.02. The van der Waals surface area contributed by atoms with E-state index in [-0.39, 0.29) is 5.75 Å². The molecule has 0 saturated heterocycles. The summed E-state index contributed by atoms with van der Waals surface area (Å²) < 4.78 is 35.7. The van der Waals surface area contributed by atoms with Crippen LogP contribution in [0.1, 0.15) is 20.3 Å². The van der Waals surface area contributed by atoms with Gasteiger partial charge in [0.15, 0.2) is 0 Å². The zero-order valence-electron chi connectivity index (χ0n) is 12.5. The Hall–Kier alpha value is -0.210. The first-order valence-corrected chi connectivity index (χ1v) is 8.24. The summed E-state index contributed by atoms with van der Waals surface area (Å²) in [6.07, 6.45) is 0.608. The van der Waals surface area contributed by atoms with Crippen molar-refractivity contribution in [3.05, 3.63) is 0 Å². The van der Waals surface area contributed by atoms with E-state index in [0.29, 0.717) is 45.3 Å². The normalized spacial score (nSPS) is 12.5. The maximum Gasteiger partial charge on any atom is 0.214 e. The Morgan fingerprint density at radius 3 is 2.05 bits per heavy atom. The summed E-state index contributed by atoms with van der Waals surface area (Å²) in [5.74, 6) is 0.153. The molecule has 19 heavy (non-hydrogen) atoms. The van der Waals surface area contributed by atoms with Crippen LogP contribution in [0, 0.1) is 0 Å². The van der Waals surface area contributed by atoms with Gasteiger partial charge in [0.1, 0.15) is 0 Å². The number of nitrogens with one attached hydrogen (secondary N) is 1. The smallest absolute Gasteiger partial charge is 0.214 e. The van der Waals surface area contributed by atoms with Gasteiger partial charge in [-0.2, -0.15) is 4.31 Å². The summed E-state index contributed by atoms with van der Waals surface area (Å²) in [5, 5.41) is 3.21. The van der Waals surface area contributed by atoms with Crippen molar-refractivity contribution in [1.82, 2.24) is 9.62 Å². The van der Waals surface area contributed by atoms with Crippen LogP contribution in [0.2, 0.25) is 0 Å². The van der Waals surface area contributed by atoms with Crippen LogP contribution < -0.4 is 5.32 Å². The number of rotatable bonds is 12. The first kappa shape index (κ1) is 18.8. The lowest BCUT2D eigenvalue weighted by Crippen LogP contribution is -2.38. The fourth-order valence-electron chi connectivity index (χ4n) is 1.55. The Bertz CT molecular complexity index is 299. The van der Waals surface area contributed by atoms with Crippen LogP contribution >= 0.6 is 0 Å². The van der Waals surface area contributed by atoms with Crippen molar-refractivity contribution in [1.29, 1.82) is 0 Å². The monoisotopic (exact) mass is 296 g/mol. The summed E-state index contributed by atoms with van der Waals surface area (Å²) in [4.78, 5) is 0. The van der Waals surface area contributed by atoms with Crippen LogP contribution in [-0.2, 0) is 19.5 Å². The third-order valence-electron chi connectivity index (χ3n) is 2.61. The lowest BCUT2D eigenvalue weighted by molar-refractivity contribution is 0.150. The molecule has 0 fully saturated rings. The van der Waals surface area contributed by atoms with Gasteiger partial charge in [-0.15, -0.1) is 0 Å². The van der Waals surface area contributed by atoms with Gasteiger partial charge >= 0.3 is 0 Å². The molecule has 0 spiro atoms. The van der Waals surface area contributed by atoms with Crippen LogP contribution in [0.15, 0.2) is 0 Å². The van der Waals surface area contributed by atoms with Gasteiger partial charge in [-0.25, -0.2) is 8.42 Å². The summed E-state index contributed by atoms with van der Waals surface area (Å²) >= 11 is 0. The summed E-state index contributed by atoms with van der Waals surface area (Å²) in [6, 6.07) is 0.376. The van der Waals surface area contributed by atoms with Crippen molar-refractivity contribution in [3.8, 4) is 0 Å². The van der Waals surface area contributed by atoms with Gasteiger partial charge in [0, 0.05) is 33.4 Å². The van der Waals surface area contributed by atoms with E-state index in [4.69, 9.17) is 9.47 Å². The average Bonchev–Trinajstić information content (AvgIpc) is 2.34. The summed E-state index contributed by atoms with van der Waals surface area (Å²) in [7, 11) is -0.105. The van der Waals surface area contributed by atoms with Crippen molar-refractivity contribution in [2.75, 3.05) is 52.8 Å². The zero-order chi connectivity index (χ0) is 14.7. The number of sulfonamides is 1. The van der Waals surface area contributed by atoms with Gasteiger partial charge in [0.2, 0.25) is 10.0 Å². The Labute approximate surface area is 117 Å². The topological polar surface area (TPSA) is 67.9 Å². The van der Waals surface area contributed by atoms with Crippen molar-refractivity contribution >= 4 is 10.0 Å². The molecule has 0 aromatic heterocycles. The van der Waals surface area contributed by atoms with E-state index in [9.17, 15) is 8.42 Å². The molecule has 0 aromatic carbocycles. The van der Waals surface area contributed by atoms with Crippen LogP contribution in [0.25, 0.3) is 0 Å². The highest BCUT2D eigenvalue weighted by molar-refractivity contribution is 7.89. The predicted molar refractivity (Wildman–Crippen MR) is 76.9 cm³/mol. The second-order valence-corrected chi connectivity index (χ2v) is 6.75. The van der Waals surface area contributed by atoms with Gasteiger partial charge in [0.25, 0.3) is 0 Å². The third-order valence-corrected chi connectivity index (χ3v) is 4.57. The first-order valence-electron chi connectivity index (χ1n) is 6.63. The van der Waals surface area contributed by atoms with Gasteiger partial charge in [-0.05, 0) is 13.0 Å². The van der Waals surface area contributed by atoms with Crippen LogP contribution in [0.3, 0.4) is 0 Å². The molecule has 1 N–H and O–H groups in total. The molecule has 0 unspecified atom stereocenters. The fraction of sp³-hybridized carbons (Fsp3) is 1.00. The number of nitrogens with zero attached hydrogens (tertiary/aromatic N) is 1. The van der Waals surface area contributed by atoms with E-state index in [1.807, 2.05) is 13.8 Å². The molecule has 0 aliphatic rings. The molecule has 116 valence electrons. The van der Waals surface area contributed by atoms with E-state index in [0.717, 1.165) is 0 Å². The molecular weight excluding hydrogens is 268 g/mol. The highest BCUT2D eigenvalue weighted by Gasteiger charge is 2.20. The molecule has 0 aliphatic heterocycles. The minimum absolute atomic E-state index is 0.153. The van der Waals surface area contributed by atoms with Crippen LogP contribution in [0.4, 0.5) is 0 Å². The molecule has 0 amide bonds. The van der Waals surface area contributed by atoms with Crippen molar-refractivity contribution < 1.29 is 17.9 Å². The molecule has 7 heteroatoms. The number of hydrogen-bond donors (Lipinski definition) is 1. The Balaban J connectivity index is 4.25. The van der Waals surface area contributed by atoms with Gasteiger partial charge in [-0.3, -0.25) is 0 Å². The first-order chi connectivity index (χ1) is 8.94. The van der Waals surface area contributed by atoms with Gasteiger partial charge < -0.3 is 14.8 Å². The second kappa shape index (κ2) is 10.6. The third kappa shape index (κ3) is 9.34. The van der Waals surface area contributed by atoms with Crippen LogP contribution in [-0.4, -0.2) is 71.6 Å². The Morgan fingerprint density at radius 1 is 1.11 bits per heavy atom. The molecule has 0 saturated carbocycles. The van der Waals surface area contributed by atoms with Crippen LogP contribution in [0.5, 0.6) is 0 Å². The molecule has 0 rings (SSSR count). The molecule has 0 atom stereocenters. The zero-order valence-corrected chi connectivity index (χ0v) is 13.3. The minimum Gasteiger partial charge on any atom is -0.383 e. The predicted octanol–water partition coefficient (Wildman–Crippen LogP) is 0.299. The highest BCUT2D eigenvalue weighted by atomic mass is 32.2. The summed E-state index contributed by atoms with van der Waals surface area (Å²) in [5.41, 5.74) is 0. The molecule has 0 heterocycles. The lowest BCUT2D eigenvalue weighted by Gasteiger charge is -2.21. The van der Waals surface area contributed by atoms with E-state index in [1.54, 1.807) is 14.2 Å². The lowest BCUT2D eigenvalue weighted by atomic mass is 10.4. The average molecular weight is 296 g/mol. The van der Waals surface area contributed by atoms with Crippen molar-refractivity contribution in [3.63, 3.8) is 0 Å². The standard InChI is InChI=1S/C12H28N2O4S/c1-12(2)13-6-5-11-19(15,16)14(7-9-17-3)8-10-18-4/h12-13H,5-11H2,1-4H3. The van der Waals surface area contributed by atoms with E-state index in [1.165, 1.54) is 4.31 Å². The van der Waals surface area contributed by atoms with Crippen molar-refractivity contribution in [2.24, 2.45) is 0 Å². The van der Waals surface area contributed by atoms with E-state index >= 15 is 0 Å². The Kier molecular flexibility index (Phi) is 10.4. The van der Waals surface area contributed by atoms with Gasteiger partial charge in [0.05, 0.1) is 19.0 Å². The second-order valence-electron chi connectivity index (χ2n) is 4.66. The quantitative estimate of drug-likeness (QED) is 0.525. The largest absolute Gasteiger partial charge is 0.383 e. The molecule has 0 radical (unpaired) electrons. The molecule has 6 nitrogen and oxygen atoms in total. The number of hydrogen-bond acceptors (Lipinski definition) is 5. The van der Waals surface area contributed by atoms with Crippen molar-refractivity contribution in [2.45, 2.75) is 26.3 Å². The molecular formula is C12H28N2O4S. The molecule has 0 bridgehead atoms. The maximum atomic E-state index is 12.2. The highest BCUT2D eigenvalue weighted by Crippen LogP contribution is 2.03. The maximum absolute atomic E-state index is 12.2. The van der Waals surface area contributed by atoms with E-state index in [2.05, 4.69) is 5.32 Å². The molecule has 0 aromatic rings. The number of methoxy groups -OCH3 is 2. The van der Waals surface area contributed by atoms with Gasteiger partial charge in [-0.1, -0.05) is 13.8 Å². The SMILES string of the molecule is COCCN(CCOC)S(=O)(=O)CCCNC(C)C. The number of ether oxygens (including phenoxy) is 2. The summed E-state index contributed by atoms with van der Waals surface area (Å²) in [6.45, 7) is 6.33. The molecule has 0 aliphatic carbocycles. The van der Waals surface area contributed by atoms with E-state index < -0.39 is 10.0 Å². The Morgan fingerprint density at radius 2 is 1.63 bits per heavy atom.